The van der Waals surface area contributed by atoms with Crippen LogP contribution >= 0.6 is 23.2 Å². The van der Waals surface area contributed by atoms with Crippen molar-refractivity contribution in [3.05, 3.63) is 39.9 Å². The third-order valence-corrected chi connectivity index (χ3v) is 9.70. The second-order valence-electron chi connectivity index (χ2n) is 10.4. The average Bonchev–Trinajstić information content (AvgIpc) is 3.31. The lowest BCUT2D eigenvalue weighted by Gasteiger charge is -2.29. The predicted octanol–water partition coefficient (Wildman–Crippen LogP) is 2.96. The van der Waals surface area contributed by atoms with Crippen molar-refractivity contribution in [3.8, 4) is 0 Å². The second kappa shape index (κ2) is 12.0. The molecular weight excluding hydrogens is 583 g/mol. The first-order valence-corrected chi connectivity index (χ1v) is 15.4. The number of hydrogen-bond donors (Lipinski definition) is 3. The number of allylic oxidation sites excluding steroid dienone is 1. The summed E-state index contributed by atoms with van der Waals surface area (Å²) in [6.45, 7) is 1.77. The molecule has 1 saturated carbocycles. The summed E-state index contributed by atoms with van der Waals surface area (Å²) in [7, 11) is -4.42. The molecule has 1 aliphatic carbocycles. The number of amides is 4. The van der Waals surface area contributed by atoms with Gasteiger partial charge in [-0.3, -0.25) is 14.4 Å². The highest BCUT2D eigenvalue weighted by molar-refractivity contribution is 7.90. The minimum Gasteiger partial charge on any atom is -0.436 e. The van der Waals surface area contributed by atoms with E-state index in [4.69, 9.17) is 33.7 Å². The minimum atomic E-state index is -4.42. The molecule has 1 aromatic carbocycles. The van der Waals surface area contributed by atoms with Crippen LogP contribution in [0.4, 0.5) is 4.79 Å². The number of fused-ring (bicyclic) bond motifs is 2. The van der Waals surface area contributed by atoms with Gasteiger partial charge in [-0.1, -0.05) is 41.8 Å². The zero-order chi connectivity index (χ0) is 29.2. The van der Waals surface area contributed by atoms with Gasteiger partial charge in [0.15, 0.2) is 6.10 Å². The molecule has 0 spiro atoms. The van der Waals surface area contributed by atoms with Gasteiger partial charge in [-0.15, -0.1) is 0 Å². The molecule has 4 atom stereocenters. The van der Waals surface area contributed by atoms with Gasteiger partial charge in [0.05, 0.1) is 5.02 Å². The highest BCUT2D eigenvalue weighted by Crippen LogP contribution is 2.46. The van der Waals surface area contributed by atoms with Gasteiger partial charge < -0.3 is 20.7 Å². The molecule has 2 fully saturated rings. The Kier molecular flexibility index (Phi) is 9.01. The predicted molar refractivity (Wildman–Crippen MR) is 147 cm³/mol. The Morgan fingerprint density at radius 2 is 1.90 bits per heavy atom. The number of ether oxygens (including phenoxy) is 1. The van der Waals surface area contributed by atoms with E-state index in [0.29, 0.717) is 25.7 Å². The van der Waals surface area contributed by atoms with Crippen molar-refractivity contribution in [3.63, 3.8) is 0 Å². The van der Waals surface area contributed by atoms with Gasteiger partial charge in [0.1, 0.15) is 16.5 Å². The zero-order valence-electron chi connectivity index (χ0n) is 22.0. The van der Waals surface area contributed by atoms with E-state index in [2.05, 4.69) is 10.0 Å². The SMILES string of the molecule is Cc1cc(Cl)cc(Cl)c1S(=O)(=O)NC(=O)C12CC1C=CCCCCCC(OC(N)=O)C(=O)N1CCCC1C(=O)N2. The monoisotopic (exact) mass is 614 g/mol. The van der Waals surface area contributed by atoms with Crippen molar-refractivity contribution in [2.45, 2.75) is 80.9 Å². The molecule has 4 amide bonds. The Balaban J connectivity index is 1.61. The molecule has 1 aromatic rings. The number of carbonyl (C=O) groups excluding carboxylic acids is 4. The third kappa shape index (κ3) is 6.39. The van der Waals surface area contributed by atoms with E-state index in [1.165, 1.54) is 24.0 Å². The van der Waals surface area contributed by atoms with Crippen LogP contribution in [0.5, 0.6) is 0 Å². The van der Waals surface area contributed by atoms with E-state index < -0.39 is 57.4 Å². The van der Waals surface area contributed by atoms with E-state index in [9.17, 15) is 27.6 Å². The lowest BCUT2D eigenvalue weighted by molar-refractivity contribution is -0.146. The Bertz CT molecular complexity index is 1330. The fourth-order valence-electron chi connectivity index (χ4n) is 5.47. The normalized spacial score (nSPS) is 27.5. The van der Waals surface area contributed by atoms with Gasteiger partial charge in [-0.05, 0) is 69.6 Å². The number of carbonyl (C=O) groups is 4. The van der Waals surface area contributed by atoms with Crippen LogP contribution in [0, 0.1) is 12.8 Å². The first-order chi connectivity index (χ1) is 18.9. The van der Waals surface area contributed by atoms with Crippen molar-refractivity contribution in [1.82, 2.24) is 14.9 Å². The van der Waals surface area contributed by atoms with Gasteiger partial charge in [-0.25, -0.2) is 17.9 Å². The zero-order valence-corrected chi connectivity index (χ0v) is 24.3. The topological polar surface area (TPSA) is 165 Å². The first kappa shape index (κ1) is 30.1. The van der Waals surface area contributed by atoms with Crippen molar-refractivity contribution >= 4 is 57.0 Å². The Hall–Kier alpha value is -2.83. The number of benzene rings is 1. The van der Waals surface area contributed by atoms with Crippen molar-refractivity contribution < 1.29 is 32.3 Å². The number of sulfonamides is 1. The van der Waals surface area contributed by atoms with Crippen LogP contribution in [0.3, 0.4) is 0 Å². The van der Waals surface area contributed by atoms with Crippen LogP contribution in [0.2, 0.25) is 10.0 Å². The van der Waals surface area contributed by atoms with Gasteiger partial charge >= 0.3 is 6.09 Å². The van der Waals surface area contributed by atoms with Crippen molar-refractivity contribution in [2.24, 2.45) is 11.7 Å². The van der Waals surface area contributed by atoms with E-state index >= 15 is 0 Å². The van der Waals surface area contributed by atoms with Crippen LogP contribution in [-0.4, -0.2) is 61.4 Å². The molecule has 40 heavy (non-hydrogen) atoms. The molecule has 14 heteroatoms. The van der Waals surface area contributed by atoms with E-state index in [1.807, 2.05) is 12.2 Å². The molecule has 4 rings (SSSR count). The molecule has 0 aromatic heterocycles. The van der Waals surface area contributed by atoms with Gasteiger partial charge in [-0.2, -0.15) is 0 Å². The van der Waals surface area contributed by atoms with Crippen LogP contribution in [0.25, 0.3) is 0 Å². The van der Waals surface area contributed by atoms with Gasteiger partial charge in [0.2, 0.25) is 5.91 Å². The number of rotatable bonds is 4. The molecule has 3 aliphatic rings. The van der Waals surface area contributed by atoms with Crippen molar-refractivity contribution in [1.29, 1.82) is 0 Å². The summed E-state index contributed by atoms with van der Waals surface area (Å²) < 4.78 is 33.7. The summed E-state index contributed by atoms with van der Waals surface area (Å²) >= 11 is 12.1. The standard InChI is InChI=1S/C26H32Cl2N4O7S/c1-15-12-17(27)13-18(28)21(15)40(37,38)31-24(35)26-14-16(26)8-5-3-2-4-6-10-20(39-25(29)36)23(34)32-11-7-9-19(32)22(33)30-26/h5,8,12-13,16,19-20H,2-4,6-7,9-11,14H2,1H3,(H2,29,36)(H,30,33)(H,31,35). The highest BCUT2D eigenvalue weighted by atomic mass is 35.5. The molecule has 4 N–H and O–H groups in total. The molecule has 0 radical (unpaired) electrons. The summed E-state index contributed by atoms with van der Waals surface area (Å²) in [6, 6.07) is 1.76. The number of primary amides is 1. The number of nitrogens with two attached hydrogens (primary N) is 1. The molecule has 2 aliphatic heterocycles. The van der Waals surface area contributed by atoms with Crippen LogP contribution < -0.4 is 15.8 Å². The molecular formula is C26H32Cl2N4O7S. The van der Waals surface area contributed by atoms with Crippen molar-refractivity contribution in [2.75, 3.05) is 6.54 Å². The van der Waals surface area contributed by atoms with E-state index in [-0.39, 0.29) is 39.9 Å². The number of nitrogens with one attached hydrogen (secondary N) is 2. The lowest BCUT2D eigenvalue weighted by Crippen LogP contribution is -2.57. The molecule has 0 bridgehead atoms. The summed E-state index contributed by atoms with van der Waals surface area (Å²) in [5.41, 5.74) is 3.91. The number of nitrogens with zero attached hydrogens (tertiary/aromatic N) is 1. The van der Waals surface area contributed by atoms with Gasteiger partial charge in [0, 0.05) is 17.5 Å². The van der Waals surface area contributed by atoms with E-state index in [0.717, 1.165) is 12.8 Å². The van der Waals surface area contributed by atoms with Gasteiger partial charge in [0.25, 0.3) is 21.8 Å². The smallest absolute Gasteiger partial charge is 0.405 e. The van der Waals surface area contributed by atoms with Crippen LogP contribution in [0.15, 0.2) is 29.2 Å². The maximum absolute atomic E-state index is 13.6. The van der Waals surface area contributed by atoms with E-state index in [1.54, 1.807) is 0 Å². The molecule has 4 unspecified atom stereocenters. The maximum Gasteiger partial charge on any atom is 0.405 e. The Morgan fingerprint density at radius 1 is 1.15 bits per heavy atom. The fourth-order valence-corrected chi connectivity index (χ4v) is 7.70. The van der Waals surface area contributed by atoms with Crippen LogP contribution in [0.1, 0.15) is 56.9 Å². The van der Waals surface area contributed by atoms with Crippen LogP contribution in [-0.2, 0) is 29.1 Å². The molecule has 218 valence electrons. The summed E-state index contributed by atoms with van der Waals surface area (Å²) in [4.78, 5) is 52.9. The third-order valence-electron chi connectivity index (χ3n) is 7.53. The summed E-state index contributed by atoms with van der Waals surface area (Å²) in [5.74, 6) is -2.47. The number of hydrogen-bond acceptors (Lipinski definition) is 7. The first-order valence-electron chi connectivity index (χ1n) is 13.1. The maximum atomic E-state index is 13.6. The fraction of sp³-hybridized carbons (Fsp3) is 0.538. The average molecular weight is 616 g/mol. The quantitative estimate of drug-likeness (QED) is 0.438. The summed E-state index contributed by atoms with van der Waals surface area (Å²) in [6.07, 6.45) is 5.64. The Morgan fingerprint density at radius 3 is 2.60 bits per heavy atom. The largest absolute Gasteiger partial charge is 0.436 e. The summed E-state index contributed by atoms with van der Waals surface area (Å²) in [5, 5.41) is 2.85. The lowest BCUT2D eigenvalue weighted by atomic mass is 10.1. The second-order valence-corrected chi connectivity index (χ2v) is 12.9. The number of aryl methyl sites for hydroxylation is 1. The molecule has 11 nitrogen and oxygen atoms in total. The minimum absolute atomic E-state index is 0.144. The highest BCUT2D eigenvalue weighted by Gasteiger charge is 2.61. The number of halogens is 2. The molecule has 2 heterocycles. The molecule has 1 saturated heterocycles. The Labute approximate surface area is 242 Å².